The topological polar surface area (TPSA) is 53.4 Å². The van der Waals surface area contributed by atoms with Crippen molar-refractivity contribution in [3.63, 3.8) is 0 Å². The van der Waals surface area contributed by atoms with Gasteiger partial charge in [0.05, 0.1) is 5.60 Å². The highest BCUT2D eigenvalue weighted by atomic mass is 16.3. The second-order valence-corrected chi connectivity index (χ2v) is 9.34. The minimum Gasteiger partial charge on any atom is -0.508 e. The highest BCUT2D eigenvalue weighted by Gasteiger charge is 2.60. The van der Waals surface area contributed by atoms with Crippen molar-refractivity contribution in [1.82, 2.24) is 4.98 Å². The summed E-state index contributed by atoms with van der Waals surface area (Å²) in [6.07, 6.45) is 14.1. The van der Waals surface area contributed by atoms with Crippen LogP contribution < -0.4 is 0 Å². The van der Waals surface area contributed by atoms with Gasteiger partial charge >= 0.3 is 0 Å². The first-order chi connectivity index (χ1) is 13.5. The zero-order chi connectivity index (χ0) is 19.4. The molecule has 3 aliphatic rings. The number of aromatic nitrogens is 1. The molecule has 0 amide bonds. The molecular weight excluding hydrogens is 346 g/mol. The van der Waals surface area contributed by atoms with Crippen molar-refractivity contribution in [2.24, 2.45) is 17.3 Å². The average Bonchev–Trinajstić information content (AvgIpc) is 2.98. The molecule has 1 heterocycles. The monoisotopic (exact) mass is 375 g/mol. The summed E-state index contributed by atoms with van der Waals surface area (Å²) in [5, 5.41) is 21.5. The SMILES string of the molecule is CC12CCC3c4ccc(O)cc4CCC3C1CC[C@@]2(O)C=Cc1cccnc1. The van der Waals surface area contributed by atoms with E-state index in [2.05, 4.69) is 24.1 Å². The molecule has 0 spiro atoms. The first-order valence-corrected chi connectivity index (χ1v) is 10.6. The third kappa shape index (κ3) is 2.63. The van der Waals surface area contributed by atoms with E-state index in [4.69, 9.17) is 0 Å². The Labute approximate surface area is 167 Å². The number of phenols is 1. The molecule has 2 N–H and O–H groups in total. The molecule has 0 saturated heterocycles. The summed E-state index contributed by atoms with van der Waals surface area (Å²) in [5.74, 6) is 2.15. The van der Waals surface area contributed by atoms with E-state index in [9.17, 15) is 10.2 Å². The zero-order valence-corrected chi connectivity index (χ0v) is 16.5. The van der Waals surface area contributed by atoms with Crippen LogP contribution in [0.15, 0.2) is 48.8 Å². The van der Waals surface area contributed by atoms with E-state index in [1.807, 2.05) is 36.5 Å². The van der Waals surface area contributed by atoms with Crippen molar-refractivity contribution in [3.05, 3.63) is 65.5 Å². The summed E-state index contributed by atoms with van der Waals surface area (Å²) in [6.45, 7) is 2.32. The molecular formula is C25H29NO2. The quantitative estimate of drug-likeness (QED) is 0.769. The molecule has 4 unspecified atom stereocenters. The number of aryl methyl sites for hydroxylation is 1. The van der Waals surface area contributed by atoms with Gasteiger partial charge in [-0.3, -0.25) is 4.98 Å². The van der Waals surface area contributed by atoms with Crippen LogP contribution >= 0.6 is 0 Å². The molecule has 0 radical (unpaired) electrons. The Morgan fingerprint density at radius 2 is 2.04 bits per heavy atom. The second kappa shape index (κ2) is 6.45. The van der Waals surface area contributed by atoms with E-state index >= 15 is 0 Å². The van der Waals surface area contributed by atoms with Gasteiger partial charge in [-0.1, -0.05) is 31.2 Å². The molecule has 2 saturated carbocycles. The Bertz CT molecular complexity index is 908. The molecule has 0 bridgehead atoms. The normalized spacial score (nSPS) is 36.7. The molecule has 2 aromatic rings. The van der Waals surface area contributed by atoms with Crippen molar-refractivity contribution < 1.29 is 10.2 Å². The summed E-state index contributed by atoms with van der Waals surface area (Å²) >= 11 is 0. The molecule has 3 nitrogen and oxygen atoms in total. The number of benzene rings is 1. The molecule has 28 heavy (non-hydrogen) atoms. The summed E-state index contributed by atoms with van der Waals surface area (Å²) < 4.78 is 0. The third-order valence-electron chi connectivity index (χ3n) is 8.16. The second-order valence-electron chi connectivity index (χ2n) is 9.34. The van der Waals surface area contributed by atoms with Crippen LogP contribution in [0.25, 0.3) is 6.08 Å². The molecule has 5 atom stereocenters. The Morgan fingerprint density at radius 1 is 1.14 bits per heavy atom. The first kappa shape index (κ1) is 17.9. The summed E-state index contributed by atoms with van der Waals surface area (Å²) in [6, 6.07) is 9.92. The van der Waals surface area contributed by atoms with Crippen molar-refractivity contribution in [1.29, 1.82) is 0 Å². The van der Waals surface area contributed by atoms with Crippen LogP contribution in [0.5, 0.6) is 5.75 Å². The zero-order valence-electron chi connectivity index (χ0n) is 16.5. The number of nitrogens with zero attached hydrogens (tertiary/aromatic N) is 1. The fourth-order valence-corrected chi connectivity index (χ4v) is 6.60. The Balaban J connectivity index is 1.44. The highest BCUT2D eigenvalue weighted by molar-refractivity contribution is 5.50. The number of fused-ring (bicyclic) bond motifs is 5. The van der Waals surface area contributed by atoms with Gasteiger partial charge in [0.15, 0.2) is 0 Å². The number of phenolic OH excluding ortho intramolecular Hbond substituents is 1. The maximum atomic E-state index is 11.7. The minimum atomic E-state index is -0.742. The van der Waals surface area contributed by atoms with Gasteiger partial charge in [0.2, 0.25) is 0 Å². The van der Waals surface area contributed by atoms with Crippen molar-refractivity contribution >= 4 is 6.08 Å². The maximum Gasteiger partial charge on any atom is 0.115 e. The van der Waals surface area contributed by atoms with Crippen LogP contribution in [-0.2, 0) is 6.42 Å². The Morgan fingerprint density at radius 3 is 2.86 bits per heavy atom. The van der Waals surface area contributed by atoms with Crippen LogP contribution in [-0.4, -0.2) is 20.8 Å². The molecule has 2 fully saturated rings. The number of hydrogen-bond acceptors (Lipinski definition) is 3. The smallest absolute Gasteiger partial charge is 0.115 e. The van der Waals surface area contributed by atoms with Crippen molar-refractivity contribution in [2.45, 2.75) is 57.0 Å². The lowest BCUT2D eigenvalue weighted by Crippen LogP contribution is -2.49. The van der Waals surface area contributed by atoms with Gasteiger partial charge < -0.3 is 10.2 Å². The van der Waals surface area contributed by atoms with E-state index in [0.717, 1.165) is 37.7 Å². The minimum absolute atomic E-state index is 0.0682. The van der Waals surface area contributed by atoms with Crippen LogP contribution in [0.2, 0.25) is 0 Å². The summed E-state index contributed by atoms with van der Waals surface area (Å²) in [7, 11) is 0. The number of aromatic hydroxyl groups is 1. The largest absolute Gasteiger partial charge is 0.508 e. The molecule has 3 aliphatic carbocycles. The van der Waals surface area contributed by atoms with Gasteiger partial charge in [0, 0.05) is 17.8 Å². The fraction of sp³-hybridized carbons (Fsp3) is 0.480. The van der Waals surface area contributed by atoms with E-state index in [0.29, 0.717) is 23.5 Å². The Hall–Kier alpha value is -2.13. The number of pyridine rings is 1. The lowest BCUT2D eigenvalue weighted by Gasteiger charge is -2.52. The fourth-order valence-electron chi connectivity index (χ4n) is 6.60. The third-order valence-corrected chi connectivity index (χ3v) is 8.16. The predicted octanol–water partition coefficient (Wildman–Crippen LogP) is 5.09. The summed E-state index contributed by atoms with van der Waals surface area (Å²) in [4.78, 5) is 4.18. The maximum absolute atomic E-state index is 11.7. The standard InChI is InChI=1S/C25H29NO2/c1-24-11-9-21-20-7-5-19(27)15-18(20)4-6-22(21)23(24)10-13-25(24,28)12-8-17-3-2-14-26-16-17/h2-3,5,7-8,12,14-16,21-23,27-28H,4,6,9-11,13H2,1H3/t21?,22?,23?,24?,25-/m0/s1. The van der Waals surface area contributed by atoms with Crippen LogP contribution in [0.1, 0.15) is 61.6 Å². The van der Waals surface area contributed by atoms with Gasteiger partial charge in [-0.15, -0.1) is 0 Å². The number of aliphatic hydroxyl groups is 1. The summed E-state index contributed by atoms with van der Waals surface area (Å²) in [5.41, 5.74) is 3.00. The molecule has 3 heteroatoms. The van der Waals surface area contributed by atoms with Gasteiger partial charge in [0.1, 0.15) is 5.75 Å². The van der Waals surface area contributed by atoms with E-state index in [-0.39, 0.29) is 5.41 Å². The lowest BCUT2D eigenvalue weighted by molar-refractivity contribution is -0.0705. The van der Waals surface area contributed by atoms with Crippen LogP contribution in [0.4, 0.5) is 0 Å². The van der Waals surface area contributed by atoms with E-state index in [1.165, 1.54) is 17.5 Å². The van der Waals surface area contributed by atoms with Crippen LogP contribution in [0, 0.1) is 17.3 Å². The predicted molar refractivity (Wildman–Crippen MR) is 111 cm³/mol. The van der Waals surface area contributed by atoms with Gasteiger partial charge in [-0.05, 0) is 91.2 Å². The molecule has 1 aromatic heterocycles. The van der Waals surface area contributed by atoms with E-state index in [1.54, 1.807) is 6.20 Å². The number of rotatable bonds is 2. The Kier molecular flexibility index (Phi) is 4.13. The lowest BCUT2D eigenvalue weighted by atomic mass is 9.53. The molecule has 0 aliphatic heterocycles. The number of hydrogen-bond donors (Lipinski definition) is 2. The van der Waals surface area contributed by atoms with E-state index < -0.39 is 5.60 Å². The molecule has 5 rings (SSSR count). The highest BCUT2D eigenvalue weighted by Crippen LogP contribution is 2.64. The van der Waals surface area contributed by atoms with Crippen molar-refractivity contribution in [2.75, 3.05) is 0 Å². The van der Waals surface area contributed by atoms with Gasteiger partial charge in [-0.25, -0.2) is 0 Å². The van der Waals surface area contributed by atoms with Gasteiger partial charge in [0.25, 0.3) is 0 Å². The van der Waals surface area contributed by atoms with Crippen molar-refractivity contribution in [3.8, 4) is 5.75 Å². The van der Waals surface area contributed by atoms with Gasteiger partial charge in [-0.2, -0.15) is 0 Å². The molecule has 1 aromatic carbocycles. The molecule has 146 valence electrons. The van der Waals surface area contributed by atoms with Crippen LogP contribution in [0.3, 0.4) is 0 Å². The first-order valence-electron chi connectivity index (χ1n) is 10.6. The average molecular weight is 376 g/mol.